The number of non-ortho nitro benzene ring substituents is 1. The molecule has 0 fully saturated rings. The molecule has 0 aliphatic heterocycles. The van der Waals surface area contributed by atoms with Crippen LogP contribution in [0.5, 0.6) is 0 Å². The third-order valence-electron chi connectivity index (χ3n) is 3.35. The van der Waals surface area contributed by atoms with Crippen LogP contribution in [0.1, 0.15) is 15.9 Å². The van der Waals surface area contributed by atoms with Crippen molar-refractivity contribution in [3.8, 4) is 0 Å². The van der Waals surface area contributed by atoms with E-state index >= 15 is 0 Å². The minimum absolute atomic E-state index is 0.105. The van der Waals surface area contributed by atoms with Crippen LogP contribution in [0, 0.1) is 10.1 Å². The van der Waals surface area contributed by atoms with E-state index in [4.69, 9.17) is 13.8 Å². The second-order valence-corrected chi connectivity index (χ2v) is 7.12. The van der Waals surface area contributed by atoms with Crippen molar-refractivity contribution in [3.63, 3.8) is 0 Å². The molecular weight excluding hydrogens is 361 g/mol. The van der Waals surface area contributed by atoms with Gasteiger partial charge in [-0.25, -0.2) is 4.79 Å². The second-order valence-electron chi connectivity index (χ2n) is 4.95. The Labute approximate surface area is 149 Å². The van der Waals surface area contributed by atoms with Crippen molar-refractivity contribution in [2.24, 2.45) is 0 Å². The maximum atomic E-state index is 12.7. The van der Waals surface area contributed by atoms with Crippen LogP contribution in [-0.2, 0) is 18.3 Å². The lowest BCUT2D eigenvalue weighted by molar-refractivity contribution is -0.384. The van der Waals surface area contributed by atoms with Gasteiger partial charge in [0.2, 0.25) is 5.50 Å². The highest BCUT2D eigenvalue weighted by Crippen LogP contribution is 2.55. The van der Waals surface area contributed by atoms with Crippen molar-refractivity contribution in [1.29, 1.82) is 0 Å². The first-order chi connectivity index (χ1) is 12.4. The molecule has 2 aromatic rings. The number of carbonyl (C=O) groups is 1. The number of nitrogens with zero attached hydrogens (tertiary/aromatic N) is 1. The van der Waals surface area contributed by atoms with Gasteiger partial charge in [-0.05, 0) is 35.9 Å². The van der Waals surface area contributed by atoms with Crippen molar-refractivity contribution < 1.29 is 28.1 Å². The SMILES string of the molecule is COP(=O)(OC)/C(=C/c1ccc([N+](=O)[O-])cc1)OC(=O)c1ccccc1. The Hall–Kier alpha value is -2.80. The summed E-state index contributed by atoms with van der Waals surface area (Å²) in [4.78, 5) is 22.5. The molecule has 0 saturated heterocycles. The van der Waals surface area contributed by atoms with E-state index < -0.39 is 18.5 Å². The summed E-state index contributed by atoms with van der Waals surface area (Å²) in [5, 5.41) is 10.7. The normalized spacial score (nSPS) is 11.8. The Kier molecular flexibility index (Phi) is 6.41. The lowest BCUT2D eigenvalue weighted by atomic mass is 10.2. The van der Waals surface area contributed by atoms with Gasteiger partial charge < -0.3 is 13.8 Å². The van der Waals surface area contributed by atoms with Gasteiger partial charge in [-0.2, -0.15) is 0 Å². The average molecular weight is 377 g/mol. The summed E-state index contributed by atoms with van der Waals surface area (Å²) in [5.74, 6) is -0.743. The quantitative estimate of drug-likeness (QED) is 0.234. The van der Waals surface area contributed by atoms with Gasteiger partial charge in [0.15, 0.2) is 0 Å². The molecule has 0 radical (unpaired) electrons. The number of carbonyl (C=O) groups excluding carboxylic acids is 1. The Balaban J connectivity index is 2.39. The fourth-order valence-electron chi connectivity index (χ4n) is 1.98. The lowest BCUT2D eigenvalue weighted by Crippen LogP contribution is -2.07. The minimum Gasteiger partial charge on any atom is -0.414 e. The summed E-state index contributed by atoms with van der Waals surface area (Å²) >= 11 is 0. The summed E-state index contributed by atoms with van der Waals surface area (Å²) < 4.78 is 27.7. The minimum atomic E-state index is -3.88. The van der Waals surface area contributed by atoms with Gasteiger partial charge in [0.05, 0.1) is 10.5 Å². The summed E-state index contributed by atoms with van der Waals surface area (Å²) in [7, 11) is -1.56. The van der Waals surface area contributed by atoms with Gasteiger partial charge in [-0.15, -0.1) is 0 Å². The molecule has 0 aliphatic rings. The number of nitro benzene ring substituents is 1. The molecule has 0 saturated carbocycles. The largest absolute Gasteiger partial charge is 0.414 e. The number of hydrogen-bond acceptors (Lipinski definition) is 7. The van der Waals surface area contributed by atoms with Crippen LogP contribution in [-0.4, -0.2) is 25.1 Å². The fraction of sp³-hybridized carbons (Fsp3) is 0.118. The molecule has 0 heterocycles. The maximum Gasteiger partial charge on any atom is 0.395 e. The third-order valence-corrected chi connectivity index (χ3v) is 5.07. The Morgan fingerprint density at radius 3 is 2.12 bits per heavy atom. The van der Waals surface area contributed by atoms with Crippen LogP contribution in [0.4, 0.5) is 5.69 Å². The van der Waals surface area contributed by atoms with Crippen molar-refractivity contribution in [2.45, 2.75) is 0 Å². The molecule has 0 N–H and O–H groups in total. The average Bonchev–Trinajstić information content (AvgIpc) is 2.67. The van der Waals surface area contributed by atoms with Crippen molar-refractivity contribution >= 4 is 25.3 Å². The molecule has 0 aromatic heterocycles. The second kappa shape index (κ2) is 8.53. The van der Waals surface area contributed by atoms with Gasteiger partial charge in [-0.1, -0.05) is 18.2 Å². The first kappa shape index (κ1) is 19.5. The van der Waals surface area contributed by atoms with E-state index in [1.54, 1.807) is 18.2 Å². The number of rotatable bonds is 7. The molecule has 2 aromatic carbocycles. The molecule has 0 unspecified atom stereocenters. The van der Waals surface area contributed by atoms with E-state index in [0.717, 1.165) is 14.2 Å². The summed E-state index contributed by atoms with van der Waals surface area (Å²) in [5.41, 5.74) is 0.235. The maximum absolute atomic E-state index is 12.7. The summed E-state index contributed by atoms with van der Waals surface area (Å²) in [6, 6.07) is 13.5. The molecule has 136 valence electrons. The predicted molar refractivity (Wildman–Crippen MR) is 94.6 cm³/mol. The molecule has 0 spiro atoms. The zero-order valence-corrected chi connectivity index (χ0v) is 14.9. The highest BCUT2D eigenvalue weighted by atomic mass is 31.2. The molecule has 0 amide bonds. The molecule has 9 heteroatoms. The van der Waals surface area contributed by atoms with Crippen molar-refractivity contribution in [1.82, 2.24) is 0 Å². The third kappa shape index (κ3) is 4.64. The highest BCUT2D eigenvalue weighted by Gasteiger charge is 2.32. The first-order valence-corrected chi connectivity index (χ1v) is 8.89. The monoisotopic (exact) mass is 377 g/mol. The molecule has 26 heavy (non-hydrogen) atoms. The molecule has 0 aliphatic carbocycles. The Morgan fingerprint density at radius 2 is 1.62 bits per heavy atom. The molecule has 8 nitrogen and oxygen atoms in total. The number of ether oxygens (including phenoxy) is 1. The van der Waals surface area contributed by atoms with Crippen LogP contribution in [0.25, 0.3) is 6.08 Å². The smallest absolute Gasteiger partial charge is 0.395 e. The Bertz CT molecular complexity index is 854. The first-order valence-electron chi connectivity index (χ1n) is 7.35. The van der Waals surface area contributed by atoms with Crippen LogP contribution >= 0.6 is 7.60 Å². The molecular formula is C17H16NO7P. The number of esters is 1. The van der Waals surface area contributed by atoms with E-state index in [1.165, 1.54) is 42.5 Å². The topological polar surface area (TPSA) is 105 Å². The zero-order chi connectivity index (χ0) is 19.2. The van der Waals surface area contributed by atoms with E-state index in [1.807, 2.05) is 0 Å². The van der Waals surface area contributed by atoms with Crippen LogP contribution in [0.2, 0.25) is 0 Å². The predicted octanol–water partition coefficient (Wildman–Crippen LogP) is 4.24. The molecule has 2 rings (SSSR count). The van der Waals surface area contributed by atoms with Gasteiger partial charge in [0.25, 0.3) is 5.69 Å². The van der Waals surface area contributed by atoms with Gasteiger partial charge in [0, 0.05) is 26.4 Å². The fourth-order valence-corrected chi connectivity index (χ4v) is 2.99. The standard InChI is InChI=1S/C17H16NO7P/c1-23-26(22,24-2)16(25-17(19)14-6-4-3-5-7-14)12-13-8-10-15(11-9-13)18(20)21/h3-12H,1-2H3/b16-12+. The van der Waals surface area contributed by atoms with Crippen LogP contribution < -0.4 is 0 Å². The van der Waals surface area contributed by atoms with Crippen LogP contribution in [0.3, 0.4) is 0 Å². The lowest BCUT2D eigenvalue weighted by Gasteiger charge is -2.17. The summed E-state index contributed by atoms with van der Waals surface area (Å²) in [6.07, 6.45) is 1.28. The number of nitro groups is 1. The zero-order valence-electron chi connectivity index (χ0n) is 14.0. The Morgan fingerprint density at radius 1 is 1.04 bits per heavy atom. The van der Waals surface area contributed by atoms with Gasteiger partial charge in [-0.3, -0.25) is 14.7 Å². The van der Waals surface area contributed by atoms with Crippen molar-refractivity contribution in [3.05, 3.63) is 81.3 Å². The number of benzene rings is 2. The molecule has 0 bridgehead atoms. The van der Waals surface area contributed by atoms with E-state index in [0.29, 0.717) is 5.56 Å². The van der Waals surface area contributed by atoms with E-state index in [9.17, 15) is 19.5 Å². The van der Waals surface area contributed by atoms with Gasteiger partial charge in [0.1, 0.15) is 0 Å². The van der Waals surface area contributed by atoms with E-state index in [2.05, 4.69) is 0 Å². The van der Waals surface area contributed by atoms with Crippen LogP contribution in [0.15, 0.2) is 60.1 Å². The molecule has 0 atom stereocenters. The summed E-state index contributed by atoms with van der Waals surface area (Å²) in [6.45, 7) is 0. The van der Waals surface area contributed by atoms with Crippen molar-refractivity contribution in [2.75, 3.05) is 14.2 Å². The van der Waals surface area contributed by atoms with Gasteiger partial charge >= 0.3 is 13.6 Å². The highest BCUT2D eigenvalue weighted by molar-refractivity contribution is 7.58. The number of hydrogen-bond donors (Lipinski definition) is 0. The van der Waals surface area contributed by atoms with E-state index in [-0.39, 0.29) is 16.8 Å².